The van der Waals surface area contributed by atoms with E-state index in [0.29, 0.717) is 10.4 Å². The fourth-order valence-corrected chi connectivity index (χ4v) is 2.15. The van der Waals surface area contributed by atoms with E-state index >= 15 is 0 Å². The number of nitrogens with two attached hydrogens (primary N) is 1. The summed E-state index contributed by atoms with van der Waals surface area (Å²) in [6.45, 7) is 0.222. The molecule has 0 aliphatic rings. The van der Waals surface area contributed by atoms with Crippen LogP contribution >= 0.6 is 11.5 Å². The second-order valence-electron chi connectivity index (χ2n) is 2.98. The van der Waals surface area contributed by atoms with Crippen molar-refractivity contribution < 1.29 is 8.78 Å². The lowest BCUT2D eigenvalue weighted by Crippen LogP contribution is -1.97. The molecule has 1 aromatic carbocycles. The zero-order valence-electron chi connectivity index (χ0n) is 7.71. The first-order valence-corrected chi connectivity index (χ1v) is 5.09. The standard InChI is InChI=1S/C10H8F2N2S/c11-7-2-1-3-8(12)9(7)10-6(4-13)5-14-15-10/h1-3,5H,4,13H2. The fourth-order valence-electron chi connectivity index (χ4n) is 1.33. The quantitative estimate of drug-likeness (QED) is 0.854. The Morgan fingerprint density at radius 1 is 1.27 bits per heavy atom. The van der Waals surface area contributed by atoms with E-state index in [2.05, 4.69) is 4.37 Å². The van der Waals surface area contributed by atoms with Crippen LogP contribution in [0.2, 0.25) is 0 Å². The average molecular weight is 226 g/mol. The highest BCUT2D eigenvalue weighted by atomic mass is 32.1. The van der Waals surface area contributed by atoms with Crippen molar-refractivity contribution in [2.75, 3.05) is 0 Å². The van der Waals surface area contributed by atoms with E-state index in [0.717, 1.165) is 11.5 Å². The predicted molar refractivity (Wildman–Crippen MR) is 55.4 cm³/mol. The zero-order valence-corrected chi connectivity index (χ0v) is 8.52. The molecule has 2 nitrogen and oxygen atoms in total. The lowest BCUT2D eigenvalue weighted by Gasteiger charge is -2.03. The summed E-state index contributed by atoms with van der Waals surface area (Å²) in [5, 5.41) is 0. The first-order chi connectivity index (χ1) is 7.24. The molecule has 0 aliphatic carbocycles. The van der Waals surface area contributed by atoms with Crippen molar-refractivity contribution >= 4 is 11.5 Å². The molecule has 0 unspecified atom stereocenters. The molecule has 0 bridgehead atoms. The Morgan fingerprint density at radius 2 is 1.93 bits per heavy atom. The van der Waals surface area contributed by atoms with E-state index in [1.54, 1.807) is 0 Å². The molecule has 78 valence electrons. The van der Waals surface area contributed by atoms with Crippen LogP contribution in [0.5, 0.6) is 0 Å². The Balaban J connectivity index is 2.63. The molecule has 2 aromatic rings. The second-order valence-corrected chi connectivity index (χ2v) is 3.78. The van der Waals surface area contributed by atoms with Gasteiger partial charge in [0.1, 0.15) is 11.6 Å². The van der Waals surface area contributed by atoms with Gasteiger partial charge in [-0.05, 0) is 23.7 Å². The van der Waals surface area contributed by atoms with Crippen LogP contribution in [0.4, 0.5) is 8.78 Å². The summed E-state index contributed by atoms with van der Waals surface area (Å²) >= 11 is 1.05. The largest absolute Gasteiger partial charge is 0.326 e. The highest BCUT2D eigenvalue weighted by Crippen LogP contribution is 2.31. The summed E-state index contributed by atoms with van der Waals surface area (Å²) in [6.07, 6.45) is 1.53. The number of nitrogens with zero attached hydrogens (tertiary/aromatic N) is 1. The van der Waals surface area contributed by atoms with Gasteiger partial charge >= 0.3 is 0 Å². The molecule has 0 spiro atoms. The Kier molecular flexibility index (Phi) is 2.75. The molecule has 2 N–H and O–H groups in total. The lowest BCUT2D eigenvalue weighted by molar-refractivity contribution is 0.590. The van der Waals surface area contributed by atoms with Crippen LogP contribution in [0.3, 0.4) is 0 Å². The topological polar surface area (TPSA) is 38.9 Å². The second kappa shape index (κ2) is 4.04. The van der Waals surface area contributed by atoms with Gasteiger partial charge in [0.05, 0.1) is 10.4 Å². The van der Waals surface area contributed by atoms with E-state index < -0.39 is 11.6 Å². The molecule has 1 aromatic heterocycles. The van der Waals surface area contributed by atoms with Crippen molar-refractivity contribution in [2.45, 2.75) is 6.54 Å². The summed E-state index contributed by atoms with van der Waals surface area (Å²) in [6, 6.07) is 3.77. The number of halogens is 2. The molecule has 0 saturated heterocycles. The number of hydrogen-bond acceptors (Lipinski definition) is 3. The maximum absolute atomic E-state index is 13.4. The van der Waals surface area contributed by atoms with Crippen LogP contribution in [-0.4, -0.2) is 4.37 Å². The Bertz CT molecular complexity index is 462. The van der Waals surface area contributed by atoms with Crippen LogP contribution in [0.1, 0.15) is 5.56 Å². The highest BCUT2D eigenvalue weighted by molar-refractivity contribution is 7.09. The summed E-state index contributed by atoms with van der Waals surface area (Å²) < 4.78 is 30.7. The summed E-state index contributed by atoms with van der Waals surface area (Å²) in [7, 11) is 0. The SMILES string of the molecule is NCc1cnsc1-c1c(F)cccc1F. The van der Waals surface area contributed by atoms with Gasteiger partial charge in [-0.2, -0.15) is 0 Å². The number of aromatic nitrogens is 1. The van der Waals surface area contributed by atoms with Crippen LogP contribution in [-0.2, 0) is 6.54 Å². The third kappa shape index (κ3) is 1.75. The number of hydrogen-bond donors (Lipinski definition) is 1. The van der Waals surface area contributed by atoms with Crippen molar-refractivity contribution in [1.29, 1.82) is 0 Å². The number of benzene rings is 1. The molecule has 0 fully saturated rings. The van der Waals surface area contributed by atoms with Crippen molar-refractivity contribution in [3.63, 3.8) is 0 Å². The van der Waals surface area contributed by atoms with Crippen LogP contribution in [0.25, 0.3) is 10.4 Å². The lowest BCUT2D eigenvalue weighted by atomic mass is 10.1. The molecular formula is C10H8F2N2S. The average Bonchev–Trinajstić information content (AvgIpc) is 2.65. The van der Waals surface area contributed by atoms with E-state index in [9.17, 15) is 8.78 Å². The molecule has 2 rings (SSSR count). The minimum absolute atomic E-state index is 0.0413. The van der Waals surface area contributed by atoms with E-state index in [4.69, 9.17) is 5.73 Å². The van der Waals surface area contributed by atoms with Gasteiger partial charge in [-0.1, -0.05) is 6.07 Å². The molecular weight excluding hydrogens is 218 g/mol. The van der Waals surface area contributed by atoms with Gasteiger partial charge in [-0.25, -0.2) is 13.2 Å². The van der Waals surface area contributed by atoms with Crippen LogP contribution in [0, 0.1) is 11.6 Å². The normalized spacial score (nSPS) is 10.6. The maximum atomic E-state index is 13.4. The zero-order chi connectivity index (χ0) is 10.8. The van der Waals surface area contributed by atoms with Gasteiger partial charge in [0.2, 0.25) is 0 Å². The molecule has 0 aliphatic heterocycles. The van der Waals surface area contributed by atoms with Crippen molar-refractivity contribution in [2.24, 2.45) is 5.73 Å². The van der Waals surface area contributed by atoms with Gasteiger partial charge in [0.25, 0.3) is 0 Å². The van der Waals surface area contributed by atoms with E-state index in [-0.39, 0.29) is 12.1 Å². The predicted octanol–water partition coefficient (Wildman–Crippen LogP) is 2.55. The minimum Gasteiger partial charge on any atom is -0.326 e. The van der Waals surface area contributed by atoms with Crippen molar-refractivity contribution in [3.8, 4) is 10.4 Å². The summed E-state index contributed by atoms with van der Waals surface area (Å²) in [4.78, 5) is 0.466. The van der Waals surface area contributed by atoms with E-state index in [1.807, 2.05) is 0 Å². The van der Waals surface area contributed by atoms with Gasteiger partial charge in [-0.3, -0.25) is 0 Å². The molecule has 15 heavy (non-hydrogen) atoms. The molecule has 0 saturated carbocycles. The summed E-state index contributed by atoms with van der Waals surface area (Å²) in [5.74, 6) is -1.18. The third-order valence-electron chi connectivity index (χ3n) is 2.05. The summed E-state index contributed by atoms with van der Waals surface area (Å²) in [5.41, 5.74) is 6.07. The highest BCUT2D eigenvalue weighted by Gasteiger charge is 2.15. The Morgan fingerprint density at radius 3 is 2.53 bits per heavy atom. The molecule has 5 heteroatoms. The maximum Gasteiger partial charge on any atom is 0.134 e. The molecule has 0 amide bonds. The van der Waals surface area contributed by atoms with Gasteiger partial charge in [0.15, 0.2) is 0 Å². The molecule has 0 atom stereocenters. The van der Waals surface area contributed by atoms with Crippen molar-refractivity contribution in [3.05, 3.63) is 41.6 Å². The first-order valence-electron chi connectivity index (χ1n) is 4.32. The van der Waals surface area contributed by atoms with Gasteiger partial charge < -0.3 is 5.73 Å². The molecule has 0 radical (unpaired) electrons. The fraction of sp³-hybridized carbons (Fsp3) is 0.100. The van der Waals surface area contributed by atoms with Crippen LogP contribution in [0.15, 0.2) is 24.4 Å². The van der Waals surface area contributed by atoms with E-state index in [1.165, 1.54) is 24.4 Å². The number of rotatable bonds is 2. The minimum atomic E-state index is -0.589. The third-order valence-corrected chi connectivity index (χ3v) is 2.91. The first kappa shape index (κ1) is 10.2. The van der Waals surface area contributed by atoms with Crippen LogP contribution < -0.4 is 5.73 Å². The monoisotopic (exact) mass is 226 g/mol. The molecule has 1 heterocycles. The van der Waals surface area contributed by atoms with Gasteiger partial charge in [0, 0.05) is 18.3 Å². The Hall–Kier alpha value is -1.33. The van der Waals surface area contributed by atoms with Crippen molar-refractivity contribution in [1.82, 2.24) is 4.37 Å². The van der Waals surface area contributed by atoms with Gasteiger partial charge in [-0.15, -0.1) is 0 Å². The Labute approximate surface area is 89.5 Å². The smallest absolute Gasteiger partial charge is 0.134 e.